The second kappa shape index (κ2) is 6.39. The minimum Gasteiger partial charge on any atom is -0.378 e. The van der Waals surface area contributed by atoms with Gasteiger partial charge in [-0.25, -0.2) is 4.98 Å². The van der Waals surface area contributed by atoms with Crippen LogP contribution in [0.2, 0.25) is 0 Å². The molecule has 110 valence electrons. The Morgan fingerprint density at radius 3 is 2.30 bits per heavy atom. The molecule has 0 aromatic carbocycles. The first-order valence-corrected chi connectivity index (χ1v) is 7.76. The molecule has 1 aromatic heterocycles. The Morgan fingerprint density at radius 1 is 0.900 bits per heavy atom. The third-order valence-corrected chi connectivity index (χ3v) is 4.05. The van der Waals surface area contributed by atoms with E-state index in [-0.39, 0.29) is 0 Å². The van der Waals surface area contributed by atoms with Crippen molar-refractivity contribution < 1.29 is 4.74 Å². The summed E-state index contributed by atoms with van der Waals surface area (Å²) in [5.41, 5.74) is 1.06. The first-order valence-electron chi connectivity index (χ1n) is 7.76. The minimum atomic E-state index is 0.774. The van der Waals surface area contributed by atoms with Crippen molar-refractivity contribution in [2.24, 2.45) is 0 Å². The first-order chi connectivity index (χ1) is 9.83. The molecule has 2 saturated heterocycles. The lowest BCUT2D eigenvalue weighted by Crippen LogP contribution is -2.38. The predicted molar refractivity (Wildman–Crippen MR) is 80.5 cm³/mol. The number of hydrogen-bond acceptors (Lipinski definition) is 5. The summed E-state index contributed by atoms with van der Waals surface area (Å²) in [5.74, 6) is 1.97. The molecule has 5 nitrogen and oxygen atoms in total. The topological polar surface area (TPSA) is 41.5 Å². The van der Waals surface area contributed by atoms with Gasteiger partial charge in [-0.1, -0.05) is 12.8 Å². The number of aryl methyl sites for hydroxylation is 1. The molecular formula is C15H24N4O. The summed E-state index contributed by atoms with van der Waals surface area (Å²) in [6.45, 7) is 7.64. The Labute approximate surface area is 121 Å². The summed E-state index contributed by atoms with van der Waals surface area (Å²) < 4.78 is 5.41. The minimum absolute atomic E-state index is 0.774. The van der Waals surface area contributed by atoms with E-state index in [1.807, 2.05) is 0 Å². The van der Waals surface area contributed by atoms with E-state index in [1.165, 1.54) is 25.7 Å². The van der Waals surface area contributed by atoms with Crippen molar-refractivity contribution in [3.8, 4) is 0 Å². The molecule has 1 aromatic rings. The summed E-state index contributed by atoms with van der Waals surface area (Å²) in [4.78, 5) is 14.1. The van der Waals surface area contributed by atoms with E-state index in [1.54, 1.807) is 0 Å². The summed E-state index contributed by atoms with van der Waals surface area (Å²) >= 11 is 0. The lowest BCUT2D eigenvalue weighted by molar-refractivity contribution is 0.122. The van der Waals surface area contributed by atoms with Crippen molar-refractivity contribution in [1.29, 1.82) is 0 Å². The number of rotatable bonds is 2. The number of anilines is 2. The Morgan fingerprint density at radius 2 is 1.60 bits per heavy atom. The van der Waals surface area contributed by atoms with Crippen LogP contribution in [0.15, 0.2) is 6.07 Å². The highest BCUT2D eigenvalue weighted by Crippen LogP contribution is 2.21. The molecule has 2 fully saturated rings. The van der Waals surface area contributed by atoms with Gasteiger partial charge in [0, 0.05) is 37.9 Å². The zero-order chi connectivity index (χ0) is 13.8. The summed E-state index contributed by atoms with van der Waals surface area (Å²) in [6.07, 6.45) is 5.24. The standard InChI is InChI=1S/C15H24N4O/c1-13-12-14(18-6-4-2-3-5-7-18)17-15(16-13)19-8-10-20-11-9-19/h12H,2-11H2,1H3. The molecule has 0 unspecified atom stereocenters. The van der Waals surface area contributed by atoms with Crippen LogP contribution in [0.1, 0.15) is 31.4 Å². The van der Waals surface area contributed by atoms with Crippen LogP contribution in [0.4, 0.5) is 11.8 Å². The molecule has 20 heavy (non-hydrogen) atoms. The van der Waals surface area contributed by atoms with E-state index in [2.05, 4.69) is 27.8 Å². The van der Waals surface area contributed by atoms with E-state index >= 15 is 0 Å². The van der Waals surface area contributed by atoms with Gasteiger partial charge in [0.05, 0.1) is 13.2 Å². The smallest absolute Gasteiger partial charge is 0.227 e. The highest BCUT2D eigenvalue weighted by atomic mass is 16.5. The quantitative estimate of drug-likeness (QED) is 0.826. The monoisotopic (exact) mass is 276 g/mol. The number of aromatic nitrogens is 2. The highest BCUT2D eigenvalue weighted by molar-refractivity contribution is 5.46. The molecule has 0 spiro atoms. The van der Waals surface area contributed by atoms with Crippen LogP contribution in [0, 0.1) is 6.92 Å². The molecule has 0 atom stereocenters. The van der Waals surface area contributed by atoms with Gasteiger partial charge < -0.3 is 14.5 Å². The van der Waals surface area contributed by atoms with E-state index in [0.29, 0.717) is 0 Å². The van der Waals surface area contributed by atoms with Gasteiger partial charge >= 0.3 is 0 Å². The van der Waals surface area contributed by atoms with Crippen LogP contribution in [0.5, 0.6) is 0 Å². The zero-order valence-electron chi connectivity index (χ0n) is 12.3. The van der Waals surface area contributed by atoms with Gasteiger partial charge in [0.2, 0.25) is 5.95 Å². The van der Waals surface area contributed by atoms with Crippen molar-refractivity contribution in [3.63, 3.8) is 0 Å². The molecule has 5 heteroatoms. The number of ether oxygens (including phenoxy) is 1. The average Bonchev–Trinajstić information content (AvgIpc) is 2.77. The zero-order valence-corrected chi connectivity index (χ0v) is 12.3. The molecule has 0 radical (unpaired) electrons. The Kier molecular flexibility index (Phi) is 4.35. The highest BCUT2D eigenvalue weighted by Gasteiger charge is 2.17. The molecular weight excluding hydrogens is 252 g/mol. The average molecular weight is 276 g/mol. The maximum absolute atomic E-state index is 5.41. The summed E-state index contributed by atoms with van der Waals surface area (Å²) in [7, 11) is 0. The van der Waals surface area contributed by atoms with Crippen molar-refractivity contribution in [2.75, 3.05) is 49.2 Å². The molecule has 3 heterocycles. The molecule has 0 bridgehead atoms. The Bertz CT molecular complexity index is 437. The number of nitrogens with zero attached hydrogens (tertiary/aromatic N) is 4. The van der Waals surface area contributed by atoms with Gasteiger partial charge in [-0.05, 0) is 19.8 Å². The first kappa shape index (κ1) is 13.6. The third-order valence-electron chi connectivity index (χ3n) is 4.05. The second-order valence-corrected chi connectivity index (χ2v) is 5.67. The van der Waals surface area contributed by atoms with Crippen LogP contribution >= 0.6 is 0 Å². The predicted octanol–water partition coefficient (Wildman–Crippen LogP) is 2.00. The van der Waals surface area contributed by atoms with Crippen LogP contribution < -0.4 is 9.80 Å². The van der Waals surface area contributed by atoms with Gasteiger partial charge in [0.1, 0.15) is 5.82 Å². The van der Waals surface area contributed by atoms with Gasteiger partial charge in [0.15, 0.2) is 0 Å². The lowest BCUT2D eigenvalue weighted by Gasteiger charge is -2.29. The Hall–Kier alpha value is -1.36. The van der Waals surface area contributed by atoms with E-state index in [9.17, 15) is 0 Å². The maximum Gasteiger partial charge on any atom is 0.227 e. The molecule has 0 aliphatic carbocycles. The van der Waals surface area contributed by atoms with Gasteiger partial charge in [-0.2, -0.15) is 4.98 Å². The fraction of sp³-hybridized carbons (Fsp3) is 0.733. The second-order valence-electron chi connectivity index (χ2n) is 5.67. The lowest BCUT2D eigenvalue weighted by atomic mass is 10.2. The number of hydrogen-bond donors (Lipinski definition) is 0. The maximum atomic E-state index is 5.41. The van der Waals surface area contributed by atoms with Gasteiger partial charge in [0.25, 0.3) is 0 Å². The van der Waals surface area contributed by atoms with Crippen LogP contribution in [0.25, 0.3) is 0 Å². The van der Waals surface area contributed by atoms with Crippen LogP contribution in [-0.4, -0.2) is 49.4 Å². The molecule has 0 N–H and O–H groups in total. The molecule has 0 amide bonds. The van der Waals surface area contributed by atoms with Crippen molar-refractivity contribution in [2.45, 2.75) is 32.6 Å². The molecule has 2 aliphatic heterocycles. The molecule has 2 aliphatic rings. The normalized spacial score (nSPS) is 20.9. The van der Waals surface area contributed by atoms with Crippen molar-refractivity contribution in [1.82, 2.24) is 9.97 Å². The van der Waals surface area contributed by atoms with E-state index < -0.39 is 0 Å². The number of morpholine rings is 1. The Balaban J connectivity index is 1.81. The van der Waals surface area contributed by atoms with E-state index in [4.69, 9.17) is 9.72 Å². The largest absolute Gasteiger partial charge is 0.378 e. The summed E-state index contributed by atoms with van der Waals surface area (Å²) in [6, 6.07) is 2.12. The van der Waals surface area contributed by atoms with Crippen molar-refractivity contribution in [3.05, 3.63) is 11.8 Å². The van der Waals surface area contributed by atoms with Crippen LogP contribution in [-0.2, 0) is 4.74 Å². The third kappa shape index (κ3) is 3.20. The van der Waals surface area contributed by atoms with Gasteiger partial charge in [-0.15, -0.1) is 0 Å². The fourth-order valence-electron chi connectivity index (χ4n) is 2.90. The molecule has 0 saturated carbocycles. The molecule has 3 rings (SSSR count). The van der Waals surface area contributed by atoms with Gasteiger partial charge in [-0.3, -0.25) is 0 Å². The summed E-state index contributed by atoms with van der Waals surface area (Å²) in [5, 5.41) is 0. The fourth-order valence-corrected chi connectivity index (χ4v) is 2.90. The van der Waals surface area contributed by atoms with Crippen molar-refractivity contribution >= 4 is 11.8 Å². The SMILES string of the molecule is Cc1cc(N2CCCCCC2)nc(N2CCOCC2)n1. The van der Waals surface area contributed by atoms with Crippen LogP contribution in [0.3, 0.4) is 0 Å². The van der Waals surface area contributed by atoms with E-state index in [0.717, 1.165) is 56.9 Å².